The van der Waals surface area contributed by atoms with Crippen LogP contribution in [0.4, 0.5) is 0 Å². The summed E-state index contributed by atoms with van der Waals surface area (Å²) in [4.78, 5) is 13.9. The van der Waals surface area contributed by atoms with Gasteiger partial charge in [0.05, 0.1) is 0 Å². The third kappa shape index (κ3) is 4.92. The maximum atomic E-state index is 13.9. The van der Waals surface area contributed by atoms with Crippen molar-refractivity contribution < 1.29 is 6.22 Å². The molecule has 2 nitrogen and oxygen atoms in total. The number of thioether (sulfide) groups is 1. The molecule has 0 heterocycles. The van der Waals surface area contributed by atoms with Crippen molar-refractivity contribution in [2.45, 2.75) is 69.6 Å². The molecule has 1 saturated carbocycles. The molecule has 3 heteroatoms. The van der Waals surface area contributed by atoms with E-state index in [-0.39, 0.29) is 13.3 Å². The highest BCUT2D eigenvalue weighted by molar-refractivity contribution is 8.00. The molecule has 1 aromatic rings. The monoisotopic (exact) mass is 399 g/mol. The van der Waals surface area contributed by atoms with Crippen molar-refractivity contribution in [1.82, 2.24) is 5.32 Å². The van der Waals surface area contributed by atoms with Crippen LogP contribution in [-0.2, 0) is 9.54 Å². The number of rotatable bonds is 6. The standard InChI is InChI=1S/C25H35NOS.H2/c1-3-28-25(22-14-10-7-11-15-22,21-12-8-5-4-6-9-13-21)24(27)26-23-18-16-20(2)17-19-23;/h4-5,7,9-11,13-15,20-21,23H,3,6,8,12,16-19H2,1-2H3,(H,26,27);1H/b5-4-,13-9-;. The van der Waals surface area contributed by atoms with Gasteiger partial charge in [0.15, 0.2) is 0 Å². The predicted molar refractivity (Wildman–Crippen MR) is 124 cm³/mol. The molecule has 28 heavy (non-hydrogen) atoms. The second-order valence-corrected chi connectivity index (χ2v) is 9.79. The third-order valence-corrected chi connectivity index (χ3v) is 7.70. The van der Waals surface area contributed by atoms with Crippen molar-refractivity contribution in [3.63, 3.8) is 0 Å². The minimum Gasteiger partial charge on any atom is -0.352 e. The van der Waals surface area contributed by atoms with E-state index >= 15 is 0 Å². The lowest BCUT2D eigenvalue weighted by Crippen LogP contribution is -2.51. The Morgan fingerprint density at radius 3 is 2.57 bits per heavy atom. The van der Waals surface area contributed by atoms with Gasteiger partial charge in [0.1, 0.15) is 4.75 Å². The van der Waals surface area contributed by atoms with Crippen LogP contribution in [0.15, 0.2) is 54.6 Å². The summed E-state index contributed by atoms with van der Waals surface area (Å²) in [6.45, 7) is 4.50. The SMILES string of the molecule is CCSC(C(=O)NC1CCC(C)CC1)(c1ccccc1)C1/C=C\C/C=C\CC1.[HH]. The summed E-state index contributed by atoms with van der Waals surface area (Å²) in [5, 5.41) is 3.49. The molecule has 1 aromatic carbocycles. The Kier molecular flexibility index (Phi) is 7.84. The van der Waals surface area contributed by atoms with Crippen LogP contribution in [0.3, 0.4) is 0 Å². The number of benzene rings is 1. The van der Waals surface area contributed by atoms with E-state index < -0.39 is 4.75 Å². The molecular formula is C25H37NOS. The van der Waals surface area contributed by atoms with Crippen LogP contribution >= 0.6 is 11.8 Å². The average molecular weight is 400 g/mol. The van der Waals surface area contributed by atoms with Gasteiger partial charge in [0.25, 0.3) is 0 Å². The van der Waals surface area contributed by atoms with Crippen molar-refractivity contribution >= 4 is 17.7 Å². The fraction of sp³-hybridized carbons (Fsp3) is 0.560. The summed E-state index contributed by atoms with van der Waals surface area (Å²) in [7, 11) is 0. The number of nitrogens with one attached hydrogen (secondary N) is 1. The summed E-state index contributed by atoms with van der Waals surface area (Å²) in [5.41, 5.74) is 1.14. The normalized spacial score (nSPS) is 29.7. The van der Waals surface area contributed by atoms with Crippen LogP contribution in [-0.4, -0.2) is 17.7 Å². The second-order valence-electron chi connectivity index (χ2n) is 8.28. The Bertz CT molecular complexity index is 681. The first-order valence-electron chi connectivity index (χ1n) is 11.0. The number of hydrogen-bond donors (Lipinski definition) is 1. The molecule has 2 atom stereocenters. The molecule has 2 unspecified atom stereocenters. The van der Waals surface area contributed by atoms with E-state index in [0.717, 1.165) is 49.3 Å². The van der Waals surface area contributed by atoms with E-state index in [1.807, 2.05) is 17.8 Å². The lowest BCUT2D eigenvalue weighted by atomic mass is 9.79. The fourth-order valence-electron chi connectivity index (χ4n) is 4.63. The Balaban J connectivity index is 0.00000300. The van der Waals surface area contributed by atoms with Crippen LogP contribution in [0.5, 0.6) is 0 Å². The number of hydrogen-bond acceptors (Lipinski definition) is 2. The maximum absolute atomic E-state index is 13.9. The largest absolute Gasteiger partial charge is 0.352 e. The van der Waals surface area contributed by atoms with Gasteiger partial charge in [-0.2, -0.15) is 0 Å². The molecule has 0 saturated heterocycles. The van der Waals surface area contributed by atoms with Gasteiger partial charge in [-0.05, 0) is 62.2 Å². The molecule has 0 aromatic heterocycles. The Morgan fingerprint density at radius 2 is 1.86 bits per heavy atom. The van der Waals surface area contributed by atoms with Crippen LogP contribution in [0.2, 0.25) is 0 Å². The van der Waals surface area contributed by atoms with E-state index in [1.54, 1.807) is 0 Å². The lowest BCUT2D eigenvalue weighted by Gasteiger charge is -2.40. The molecule has 2 aliphatic carbocycles. The fourth-order valence-corrected chi connectivity index (χ4v) is 5.98. The zero-order valence-corrected chi connectivity index (χ0v) is 18.2. The quantitative estimate of drug-likeness (QED) is 0.554. The smallest absolute Gasteiger partial charge is 0.241 e. The van der Waals surface area contributed by atoms with Gasteiger partial charge < -0.3 is 5.32 Å². The van der Waals surface area contributed by atoms with Gasteiger partial charge in [-0.3, -0.25) is 4.79 Å². The summed E-state index contributed by atoms with van der Waals surface area (Å²) < 4.78 is -0.555. The number of allylic oxidation sites excluding steroid dienone is 4. The number of amides is 1. The van der Waals surface area contributed by atoms with Crippen molar-refractivity contribution in [3.05, 3.63) is 60.2 Å². The van der Waals surface area contributed by atoms with Crippen LogP contribution in [0, 0.1) is 11.8 Å². The first-order valence-corrected chi connectivity index (χ1v) is 12.0. The van der Waals surface area contributed by atoms with Crippen LogP contribution in [0.1, 0.15) is 65.8 Å². The topological polar surface area (TPSA) is 29.1 Å². The molecule has 0 spiro atoms. The summed E-state index contributed by atoms with van der Waals surface area (Å²) >= 11 is 1.81. The van der Waals surface area contributed by atoms with Crippen LogP contribution in [0.25, 0.3) is 0 Å². The Morgan fingerprint density at radius 1 is 1.11 bits per heavy atom. The molecule has 0 bridgehead atoms. The Labute approximate surface area is 176 Å². The van der Waals surface area contributed by atoms with E-state index in [9.17, 15) is 4.79 Å². The number of carbonyl (C=O) groups is 1. The highest BCUT2D eigenvalue weighted by Crippen LogP contribution is 2.47. The average Bonchev–Trinajstić information content (AvgIpc) is 2.69. The van der Waals surface area contributed by atoms with E-state index in [1.165, 1.54) is 12.8 Å². The molecule has 1 fully saturated rings. The van der Waals surface area contributed by atoms with Gasteiger partial charge in [0, 0.05) is 13.4 Å². The van der Waals surface area contributed by atoms with E-state index in [4.69, 9.17) is 0 Å². The lowest BCUT2D eigenvalue weighted by molar-refractivity contribution is -0.125. The third-order valence-electron chi connectivity index (χ3n) is 6.24. The van der Waals surface area contributed by atoms with E-state index in [0.29, 0.717) is 6.04 Å². The minimum atomic E-state index is -0.555. The predicted octanol–water partition coefficient (Wildman–Crippen LogP) is 6.49. The highest BCUT2D eigenvalue weighted by atomic mass is 32.2. The maximum Gasteiger partial charge on any atom is 0.241 e. The van der Waals surface area contributed by atoms with Crippen molar-refractivity contribution in [2.75, 3.05) is 5.75 Å². The molecule has 154 valence electrons. The van der Waals surface area contributed by atoms with Gasteiger partial charge in [-0.1, -0.05) is 68.5 Å². The zero-order valence-electron chi connectivity index (χ0n) is 17.4. The van der Waals surface area contributed by atoms with Crippen molar-refractivity contribution in [3.8, 4) is 0 Å². The summed E-state index contributed by atoms with van der Waals surface area (Å²) in [6.07, 6.45) is 16.7. The van der Waals surface area contributed by atoms with Gasteiger partial charge >= 0.3 is 0 Å². The summed E-state index contributed by atoms with van der Waals surface area (Å²) in [6, 6.07) is 10.8. The van der Waals surface area contributed by atoms with Gasteiger partial charge in [0.2, 0.25) is 5.91 Å². The van der Waals surface area contributed by atoms with Crippen molar-refractivity contribution in [1.29, 1.82) is 0 Å². The van der Waals surface area contributed by atoms with E-state index in [2.05, 4.69) is 67.7 Å². The number of carbonyl (C=O) groups excluding carboxylic acids is 1. The molecule has 1 N–H and O–H groups in total. The molecule has 2 aliphatic rings. The highest BCUT2D eigenvalue weighted by Gasteiger charge is 2.46. The van der Waals surface area contributed by atoms with Gasteiger partial charge in [-0.15, -0.1) is 11.8 Å². The first kappa shape index (κ1) is 21.2. The summed E-state index contributed by atoms with van der Waals surface area (Å²) in [5.74, 6) is 2.12. The minimum absolute atomic E-state index is 0. The molecule has 0 radical (unpaired) electrons. The first-order chi connectivity index (χ1) is 13.7. The molecule has 3 rings (SSSR count). The van der Waals surface area contributed by atoms with Crippen molar-refractivity contribution in [2.24, 2.45) is 11.8 Å². The molecule has 0 aliphatic heterocycles. The molecular weight excluding hydrogens is 362 g/mol. The van der Waals surface area contributed by atoms with Gasteiger partial charge in [-0.25, -0.2) is 0 Å². The second kappa shape index (κ2) is 10.3. The molecule has 1 amide bonds. The Hall–Kier alpha value is -1.48. The zero-order chi connectivity index (χ0) is 19.8. The van der Waals surface area contributed by atoms with Crippen LogP contribution < -0.4 is 5.32 Å².